The van der Waals surface area contributed by atoms with E-state index in [2.05, 4.69) is 20.8 Å². The number of benzene rings is 1. The number of nitrogens with zero attached hydrogens (tertiary/aromatic N) is 1. The predicted octanol–water partition coefficient (Wildman–Crippen LogP) is 3.39. The maximum Gasteiger partial charge on any atom is 0.159 e. The zero-order valence-corrected chi connectivity index (χ0v) is 13.0. The molecule has 104 valence electrons. The Balaban J connectivity index is 2.15. The third-order valence-corrected chi connectivity index (χ3v) is 4.47. The molecule has 0 bridgehead atoms. The predicted molar refractivity (Wildman–Crippen MR) is 80.8 cm³/mol. The highest BCUT2D eigenvalue weighted by atomic mass is 79.9. The summed E-state index contributed by atoms with van der Waals surface area (Å²) >= 11 is 3.51. The van der Waals surface area contributed by atoms with Crippen molar-refractivity contribution in [3.8, 4) is 0 Å². The van der Waals surface area contributed by atoms with Crippen LogP contribution in [0.4, 0.5) is 5.69 Å². The molecule has 1 N–H and O–H groups in total. The van der Waals surface area contributed by atoms with Crippen LogP contribution in [0.5, 0.6) is 0 Å². The number of Topliss-reactive ketones (excluding diaryl/α,β-unsaturated/α-hetero) is 1. The molecule has 1 aliphatic rings. The van der Waals surface area contributed by atoms with Crippen LogP contribution in [0.2, 0.25) is 0 Å². The van der Waals surface area contributed by atoms with Gasteiger partial charge < -0.3 is 10.0 Å². The van der Waals surface area contributed by atoms with Gasteiger partial charge in [0.05, 0.1) is 11.3 Å². The van der Waals surface area contributed by atoms with Crippen LogP contribution in [0.1, 0.15) is 43.0 Å². The van der Waals surface area contributed by atoms with Crippen molar-refractivity contribution in [2.75, 3.05) is 18.5 Å². The third-order valence-electron chi connectivity index (χ3n) is 3.83. The Morgan fingerprint density at radius 1 is 1.42 bits per heavy atom. The van der Waals surface area contributed by atoms with Gasteiger partial charge in [-0.1, -0.05) is 12.8 Å². The molecule has 0 radical (unpaired) electrons. The Morgan fingerprint density at radius 2 is 2.05 bits per heavy atom. The van der Waals surface area contributed by atoms with Crippen LogP contribution in [-0.4, -0.2) is 30.1 Å². The molecule has 19 heavy (non-hydrogen) atoms. The van der Waals surface area contributed by atoms with Crippen molar-refractivity contribution < 1.29 is 9.90 Å². The number of anilines is 1. The monoisotopic (exact) mass is 325 g/mol. The Hall–Kier alpha value is -0.870. The Labute approximate surface area is 122 Å². The van der Waals surface area contributed by atoms with E-state index in [-0.39, 0.29) is 5.78 Å². The van der Waals surface area contributed by atoms with Gasteiger partial charge in [-0.05, 0) is 53.9 Å². The molecule has 0 unspecified atom stereocenters. The molecule has 0 saturated heterocycles. The van der Waals surface area contributed by atoms with Crippen LogP contribution in [-0.2, 0) is 0 Å². The highest BCUT2D eigenvalue weighted by Gasteiger charge is 2.32. The van der Waals surface area contributed by atoms with Crippen molar-refractivity contribution in [1.29, 1.82) is 0 Å². The summed E-state index contributed by atoms with van der Waals surface area (Å²) < 4.78 is 0.893. The second-order valence-corrected chi connectivity index (χ2v) is 6.36. The standard InChI is InChI=1S/C15H20BrNO2/c1-11(18)12-5-6-14(13(16)9-12)17(2)10-15(19)7-3-4-8-15/h5-6,9,19H,3-4,7-8,10H2,1-2H3. The quantitative estimate of drug-likeness (QED) is 0.862. The van der Waals surface area contributed by atoms with E-state index >= 15 is 0 Å². The molecule has 4 heteroatoms. The van der Waals surface area contributed by atoms with Gasteiger partial charge >= 0.3 is 0 Å². The minimum absolute atomic E-state index is 0.0596. The van der Waals surface area contributed by atoms with E-state index in [0.717, 1.165) is 35.8 Å². The normalized spacial score (nSPS) is 17.5. The Bertz CT molecular complexity index is 481. The van der Waals surface area contributed by atoms with E-state index in [1.807, 2.05) is 25.2 Å². The Morgan fingerprint density at radius 3 is 2.58 bits per heavy atom. The largest absolute Gasteiger partial charge is 0.388 e. The number of carbonyl (C=O) groups is 1. The van der Waals surface area contributed by atoms with Gasteiger partial charge in [0, 0.05) is 23.6 Å². The summed E-state index contributed by atoms with van der Waals surface area (Å²) in [7, 11) is 1.98. The van der Waals surface area contributed by atoms with Crippen molar-refractivity contribution >= 4 is 27.4 Å². The minimum Gasteiger partial charge on any atom is -0.388 e. The molecule has 1 aliphatic carbocycles. The van der Waals surface area contributed by atoms with Gasteiger partial charge in [-0.25, -0.2) is 0 Å². The van der Waals surface area contributed by atoms with E-state index in [4.69, 9.17) is 0 Å². The number of rotatable bonds is 4. The summed E-state index contributed by atoms with van der Waals surface area (Å²) in [5, 5.41) is 10.4. The molecule has 0 aromatic heterocycles. The van der Waals surface area contributed by atoms with Crippen LogP contribution in [0.3, 0.4) is 0 Å². The lowest BCUT2D eigenvalue weighted by Crippen LogP contribution is -2.39. The first-order valence-corrected chi connectivity index (χ1v) is 7.45. The van der Waals surface area contributed by atoms with E-state index in [0.29, 0.717) is 12.1 Å². The topological polar surface area (TPSA) is 40.5 Å². The maximum atomic E-state index is 11.3. The molecule has 1 fully saturated rings. The van der Waals surface area contributed by atoms with Crippen LogP contribution in [0.15, 0.2) is 22.7 Å². The van der Waals surface area contributed by atoms with Crippen molar-refractivity contribution in [2.45, 2.75) is 38.2 Å². The summed E-state index contributed by atoms with van der Waals surface area (Å²) in [6.45, 7) is 2.19. The van der Waals surface area contributed by atoms with Gasteiger partial charge in [0.2, 0.25) is 0 Å². The molecule has 0 atom stereocenters. The third kappa shape index (κ3) is 3.37. The second-order valence-electron chi connectivity index (χ2n) is 5.51. The number of hydrogen-bond acceptors (Lipinski definition) is 3. The van der Waals surface area contributed by atoms with Crippen molar-refractivity contribution in [3.63, 3.8) is 0 Å². The lowest BCUT2D eigenvalue weighted by molar-refractivity contribution is 0.0559. The number of halogens is 1. The lowest BCUT2D eigenvalue weighted by Gasteiger charge is -2.30. The van der Waals surface area contributed by atoms with E-state index in [9.17, 15) is 9.90 Å². The molecular formula is C15H20BrNO2. The summed E-state index contributed by atoms with van der Waals surface area (Å²) in [4.78, 5) is 13.4. The number of carbonyl (C=O) groups excluding carboxylic acids is 1. The smallest absolute Gasteiger partial charge is 0.159 e. The average Bonchev–Trinajstić information content (AvgIpc) is 2.75. The zero-order valence-electron chi connectivity index (χ0n) is 11.4. The summed E-state index contributed by atoms with van der Waals surface area (Å²) in [5.41, 5.74) is 1.14. The number of ketones is 1. The first kappa shape index (κ1) is 14.5. The molecule has 1 saturated carbocycles. The van der Waals surface area contributed by atoms with Gasteiger partial charge in [-0.3, -0.25) is 4.79 Å². The highest BCUT2D eigenvalue weighted by Crippen LogP contribution is 2.33. The molecule has 3 nitrogen and oxygen atoms in total. The summed E-state index contributed by atoms with van der Waals surface area (Å²) in [6.07, 6.45) is 3.96. The fraction of sp³-hybridized carbons (Fsp3) is 0.533. The molecular weight excluding hydrogens is 306 g/mol. The zero-order chi connectivity index (χ0) is 14.0. The molecule has 1 aromatic carbocycles. The number of likely N-dealkylation sites (N-methyl/N-ethyl adjacent to an activating group) is 1. The summed E-state index contributed by atoms with van der Waals surface area (Å²) in [5.74, 6) is 0.0596. The van der Waals surface area contributed by atoms with Gasteiger partial charge in [0.15, 0.2) is 5.78 Å². The molecule has 0 heterocycles. The first-order valence-electron chi connectivity index (χ1n) is 6.65. The van der Waals surface area contributed by atoms with E-state index in [1.165, 1.54) is 0 Å². The van der Waals surface area contributed by atoms with Crippen LogP contribution in [0, 0.1) is 0 Å². The van der Waals surface area contributed by atoms with Gasteiger partial charge in [-0.2, -0.15) is 0 Å². The molecule has 0 aliphatic heterocycles. The molecule has 0 spiro atoms. The van der Waals surface area contributed by atoms with Crippen molar-refractivity contribution in [2.24, 2.45) is 0 Å². The molecule has 0 amide bonds. The van der Waals surface area contributed by atoms with Crippen LogP contribution in [0.25, 0.3) is 0 Å². The van der Waals surface area contributed by atoms with E-state index in [1.54, 1.807) is 6.92 Å². The van der Waals surface area contributed by atoms with Gasteiger partial charge in [-0.15, -0.1) is 0 Å². The summed E-state index contributed by atoms with van der Waals surface area (Å²) in [6, 6.07) is 5.60. The molecule has 2 rings (SSSR count). The lowest BCUT2D eigenvalue weighted by atomic mass is 10.0. The Kier molecular flexibility index (Phi) is 4.31. The SMILES string of the molecule is CC(=O)c1ccc(N(C)CC2(O)CCCC2)c(Br)c1. The first-order chi connectivity index (χ1) is 8.91. The molecule has 1 aromatic rings. The average molecular weight is 326 g/mol. The number of hydrogen-bond donors (Lipinski definition) is 1. The van der Waals surface area contributed by atoms with E-state index < -0.39 is 5.60 Å². The fourth-order valence-corrected chi connectivity index (χ4v) is 3.43. The number of aliphatic hydroxyl groups is 1. The van der Waals surface area contributed by atoms with Crippen LogP contribution >= 0.6 is 15.9 Å². The van der Waals surface area contributed by atoms with Crippen molar-refractivity contribution in [1.82, 2.24) is 0 Å². The minimum atomic E-state index is -0.562. The van der Waals surface area contributed by atoms with Crippen molar-refractivity contribution in [3.05, 3.63) is 28.2 Å². The van der Waals surface area contributed by atoms with Gasteiger partial charge in [0.1, 0.15) is 0 Å². The maximum absolute atomic E-state index is 11.3. The highest BCUT2D eigenvalue weighted by molar-refractivity contribution is 9.10. The second kappa shape index (κ2) is 5.63. The van der Waals surface area contributed by atoms with Crippen LogP contribution < -0.4 is 4.90 Å². The fourth-order valence-electron chi connectivity index (χ4n) is 2.75. The van der Waals surface area contributed by atoms with Gasteiger partial charge in [0.25, 0.3) is 0 Å².